The molecule has 2 amide bonds. The van der Waals surface area contributed by atoms with Gasteiger partial charge in [0, 0.05) is 25.2 Å². The number of ether oxygens (including phenoxy) is 3. The van der Waals surface area contributed by atoms with Crippen molar-refractivity contribution in [2.24, 2.45) is 0 Å². The molecule has 2 aromatic carbocycles. The Labute approximate surface area is 146 Å². The summed E-state index contributed by atoms with van der Waals surface area (Å²) in [5, 5.41) is 6.18. The second-order valence-corrected chi connectivity index (χ2v) is 5.46. The summed E-state index contributed by atoms with van der Waals surface area (Å²) >= 11 is 0. The minimum Gasteiger partial charge on any atom is -0.497 e. The molecule has 0 atom stereocenters. The molecule has 0 unspecified atom stereocenters. The van der Waals surface area contributed by atoms with Crippen LogP contribution in [0.15, 0.2) is 36.4 Å². The number of nitrogens with one attached hydrogen (secondary N) is 2. The van der Waals surface area contributed by atoms with Crippen molar-refractivity contribution in [1.29, 1.82) is 0 Å². The fraction of sp³-hybridized carbons (Fsp3) is 0.278. The zero-order chi connectivity index (χ0) is 17.8. The highest BCUT2D eigenvalue weighted by Crippen LogP contribution is 2.34. The first-order valence-corrected chi connectivity index (χ1v) is 7.88. The summed E-state index contributed by atoms with van der Waals surface area (Å²) < 4.78 is 15.8. The molecule has 2 N–H and O–H groups in total. The Morgan fingerprint density at radius 1 is 1.04 bits per heavy atom. The molecule has 0 saturated heterocycles. The van der Waals surface area contributed by atoms with E-state index in [-0.39, 0.29) is 6.03 Å². The summed E-state index contributed by atoms with van der Waals surface area (Å²) in [7, 11) is 4.75. The Morgan fingerprint density at radius 3 is 2.48 bits per heavy atom. The minimum atomic E-state index is -0.237. The monoisotopic (exact) mass is 343 g/mol. The van der Waals surface area contributed by atoms with Crippen LogP contribution in [-0.4, -0.2) is 40.5 Å². The quantitative estimate of drug-likeness (QED) is 0.892. The second-order valence-electron chi connectivity index (χ2n) is 5.46. The number of benzene rings is 2. The lowest BCUT2D eigenvalue weighted by atomic mass is 10.2. The molecular weight excluding hydrogens is 322 g/mol. The molecule has 0 aliphatic carbocycles. The molecule has 1 heterocycles. The summed E-state index contributed by atoms with van der Waals surface area (Å²) in [5.74, 6) is 1.95. The molecule has 0 spiro atoms. The third-order valence-electron chi connectivity index (χ3n) is 4.04. The predicted molar refractivity (Wildman–Crippen MR) is 97.4 cm³/mol. The van der Waals surface area contributed by atoms with E-state index in [1.807, 2.05) is 18.2 Å². The number of nitrogens with zero attached hydrogens (tertiary/aromatic N) is 1. The molecular formula is C18H21N3O4. The van der Waals surface area contributed by atoms with Gasteiger partial charge in [-0.1, -0.05) is 0 Å². The molecule has 132 valence electrons. The molecule has 7 heteroatoms. The number of urea groups is 1. The van der Waals surface area contributed by atoms with E-state index < -0.39 is 0 Å². The first kappa shape index (κ1) is 16.8. The lowest BCUT2D eigenvalue weighted by Crippen LogP contribution is -2.41. The summed E-state index contributed by atoms with van der Waals surface area (Å²) in [5.41, 5.74) is 2.21. The number of rotatable bonds is 4. The number of methoxy groups -OCH3 is 3. The van der Waals surface area contributed by atoms with Crippen molar-refractivity contribution >= 4 is 23.1 Å². The van der Waals surface area contributed by atoms with Gasteiger partial charge in [0.05, 0.1) is 38.4 Å². The topological polar surface area (TPSA) is 72.1 Å². The summed E-state index contributed by atoms with van der Waals surface area (Å²) in [4.78, 5) is 14.5. The van der Waals surface area contributed by atoms with Gasteiger partial charge in [0.2, 0.25) is 0 Å². The van der Waals surface area contributed by atoms with Crippen LogP contribution < -0.4 is 29.7 Å². The Balaban J connectivity index is 1.86. The van der Waals surface area contributed by atoms with Crippen molar-refractivity contribution < 1.29 is 19.0 Å². The average molecular weight is 343 g/mol. The molecule has 1 aliphatic heterocycles. The smallest absolute Gasteiger partial charge is 0.326 e. The van der Waals surface area contributed by atoms with Gasteiger partial charge in [-0.3, -0.25) is 4.90 Å². The first-order chi connectivity index (χ1) is 12.2. The van der Waals surface area contributed by atoms with Crippen LogP contribution in [0.1, 0.15) is 0 Å². The third-order valence-corrected chi connectivity index (χ3v) is 4.04. The van der Waals surface area contributed by atoms with Gasteiger partial charge in [-0.15, -0.1) is 0 Å². The van der Waals surface area contributed by atoms with Gasteiger partial charge in [0.25, 0.3) is 0 Å². The molecule has 1 aliphatic rings. The SMILES string of the molecule is COc1ccc(OC)c(NC(=O)N2CCNc3cc(OC)ccc32)c1. The standard InChI is InChI=1S/C18H21N3O4/c1-23-12-4-6-16-14(10-12)19-8-9-21(16)18(22)20-15-11-13(24-2)5-7-17(15)25-3/h4-7,10-11,19H,8-9H2,1-3H3,(H,20,22). The van der Waals surface area contributed by atoms with Gasteiger partial charge in [0.15, 0.2) is 0 Å². The Kier molecular flexibility index (Phi) is 4.83. The third kappa shape index (κ3) is 3.40. The van der Waals surface area contributed by atoms with Crippen molar-refractivity contribution in [3.05, 3.63) is 36.4 Å². The van der Waals surface area contributed by atoms with Crippen LogP contribution in [0.2, 0.25) is 0 Å². The highest BCUT2D eigenvalue weighted by Gasteiger charge is 2.23. The number of hydrogen-bond donors (Lipinski definition) is 2. The maximum atomic E-state index is 12.8. The molecule has 7 nitrogen and oxygen atoms in total. The van der Waals surface area contributed by atoms with E-state index in [1.54, 1.807) is 44.4 Å². The van der Waals surface area contributed by atoms with E-state index in [1.165, 1.54) is 0 Å². The van der Waals surface area contributed by atoms with Crippen molar-refractivity contribution in [3.63, 3.8) is 0 Å². The fourth-order valence-corrected chi connectivity index (χ4v) is 2.75. The van der Waals surface area contributed by atoms with E-state index >= 15 is 0 Å². The molecule has 0 fully saturated rings. The van der Waals surface area contributed by atoms with E-state index in [0.717, 1.165) is 17.1 Å². The summed E-state index contributed by atoms with van der Waals surface area (Å²) in [6.07, 6.45) is 0. The van der Waals surface area contributed by atoms with E-state index in [4.69, 9.17) is 14.2 Å². The van der Waals surface area contributed by atoms with E-state index in [9.17, 15) is 4.79 Å². The first-order valence-electron chi connectivity index (χ1n) is 7.88. The lowest BCUT2D eigenvalue weighted by Gasteiger charge is -2.30. The number of carbonyl (C=O) groups excluding carboxylic acids is 1. The van der Waals surface area contributed by atoms with Crippen molar-refractivity contribution in [2.45, 2.75) is 0 Å². The summed E-state index contributed by atoms with van der Waals surface area (Å²) in [6, 6.07) is 10.6. The van der Waals surface area contributed by atoms with Crippen LogP contribution in [0.4, 0.5) is 21.9 Å². The highest BCUT2D eigenvalue weighted by atomic mass is 16.5. The number of anilines is 3. The number of fused-ring (bicyclic) bond motifs is 1. The largest absolute Gasteiger partial charge is 0.497 e. The summed E-state index contributed by atoms with van der Waals surface area (Å²) in [6.45, 7) is 1.21. The molecule has 0 radical (unpaired) electrons. The molecule has 0 aromatic heterocycles. The van der Waals surface area contributed by atoms with Crippen molar-refractivity contribution in [2.75, 3.05) is 50.0 Å². The fourth-order valence-electron chi connectivity index (χ4n) is 2.75. The van der Waals surface area contributed by atoms with Gasteiger partial charge in [-0.05, 0) is 24.3 Å². The Hall–Kier alpha value is -3.09. The molecule has 25 heavy (non-hydrogen) atoms. The second kappa shape index (κ2) is 7.21. The van der Waals surface area contributed by atoms with Crippen LogP contribution in [0.25, 0.3) is 0 Å². The average Bonchev–Trinajstić information content (AvgIpc) is 2.66. The highest BCUT2D eigenvalue weighted by molar-refractivity contribution is 6.05. The van der Waals surface area contributed by atoms with Crippen molar-refractivity contribution in [1.82, 2.24) is 0 Å². The molecule has 0 saturated carbocycles. The van der Waals surface area contributed by atoms with Gasteiger partial charge < -0.3 is 24.8 Å². The zero-order valence-corrected chi connectivity index (χ0v) is 14.5. The zero-order valence-electron chi connectivity index (χ0n) is 14.5. The number of hydrogen-bond acceptors (Lipinski definition) is 5. The Bertz CT molecular complexity index is 779. The normalized spacial score (nSPS) is 12.7. The lowest BCUT2D eigenvalue weighted by molar-refractivity contribution is 0.257. The Morgan fingerprint density at radius 2 is 1.76 bits per heavy atom. The van der Waals surface area contributed by atoms with E-state index in [2.05, 4.69) is 10.6 Å². The van der Waals surface area contributed by atoms with Gasteiger partial charge >= 0.3 is 6.03 Å². The van der Waals surface area contributed by atoms with Crippen LogP contribution in [0, 0.1) is 0 Å². The maximum Gasteiger partial charge on any atom is 0.326 e. The van der Waals surface area contributed by atoms with Crippen LogP contribution >= 0.6 is 0 Å². The predicted octanol–water partition coefficient (Wildman–Crippen LogP) is 3.18. The maximum absolute atomic E-state index is 12.8. The van der Waals surface area contributed by atoms with Gasteiger partial charge in [-0.25, -0.2) is 4.79 Å². The van der Waals surface area contributed by atoms with E-state index in [0.29, 0.717) is 30.3 Å². The number of carbonyl (C=O) groups is 1. The number of amides is 2. The van der Waals surface area contributed by atoms with Gasteiger partial charge in [0.1, 0.15) is 17.2 Å². The molecule has 2 aromatic rings. The minimum absolute atomic E-state index is 0.237. The van der Waals surface area contributed by atoms with Crippen molar-refractivity contribution in [3.8, 4) is 17.2 Å². The molecule has 0 bridgehead atoms. The van der Waals surface area contributed by atoms with Crippen LogP contribution in [0.5, 0.6) is 17.2 Å². The van der Waals surface area contributed by atoms with Crippen LogP contribution in [-0.2, 0) is 0 Å². The van der Waals surface area contributed by atoms with Gasteiger partial charge in [-0.2, -0.15) is 0 Å². The van der Waals surface area contributed by atoms with Crippen LogP contribution in [0.3, 0.4) is 0 Å². The molecule has 3 rings (SSSR count).